The van der Waals surface area contributed by atoms with Gasteiger partial charge in [-0.15, -0.1) is 0 Å². The van der Waals surface area contributed by atoms with E-state index in [9.17, 15) is 9.59 Å². The van der Waals surface area contributed by atoms with Gasteiger partial charge in [-0.25, -0.2) is 4.98 Å². The Morgan fingerprint density at radius 1 is 1.29 bits per heavy atom. The first-order valence-electron chi connectivity index (χ1n) is 10.0. The lowest BCUT2D eigenvalue weighted by atomic mass is 10.2. The molecule has 31 heavy (non-hydrogen) atoms. The van der Waals surface area contributed by atoms with Crippen LogP contribution in [0.25, 0.3) is 11.7 Å². The molecule has 0 bridgehead atoms. The molecule has 4 rings (SSSR count). The van der Waals surface area contributed by atoms with Gasteiger partial charge in [0.05, 0.1) is 35.8 Å². The van der Waals surface area contributed by atoms with E-state index in [1.165, 1.54) is 21.1 Å². The van der Waals surface area contributed by atoms with Crippen molar-refractivity contribution in [1.29, 1.82) is 0 Å². The second-order valence-electron chi connectivity index (χ2n) is 7.57. The molecule has 2 atom stereocenters. The van der Waals surface area contributed by atoms with Crippen molar-refractivity contribution in [2.45, 2.75) is 26.1 Å². The fourth-order valence-electron chi connectivity index (χ4n) is 3.82. The number of thiocarbonyl (C=S) groups is 1. The third-order valence-electron chi connectivity index (χ3n) is 5.14. The molecule has 0 aliphatic carbocycles. The van der Waals surface area contributed by atoms with E-state index in [0.29, 0.717) is 52.5 Å². The number of rotatable bonds is 5. The third kappa shape index (κ3) is 4.38. The van der Waals surface area contributed by atoms with Gasteiger partial charge in [0, 0.05) is 26.4 Å². The first-order chi connectivity index (χ1) is 14.9. The normalized spacial score (nSPS) is 23.4. The Labute approximate surface area is 189 Å². The van der Waals surface area contributed by atoms with Gasteiger partial charge in [0.25, 0.3) is 11.5 Å². The van der Waals surface area contributed by atoms with Crippen molar-refractivity contribution in [3.63, 3.8) is 0 Å². The zero-order chi connectivity index (χ0) is 22.1. The van der Waals surface area contributed by atoms with Gasteiger partial charge in [-0.3, -0.25) is 18.9 Å². The van der Waals surface area contributed by atoms with Crippen molar-refractivity contribution in [3.05, 3.63) is 45.2 Å². The molecule has 2 aliphatic rings. The van der Waals surface area contributed by atoms with Crippen LogP contribution in [0.3, 0.4) is 0 Å². The first kappa shape index (κ1) is 21.9. The molecule has 2 saturated heterocycles. The Kier molecular flexibility index (Phi) is 6.42. The Morgan fingerprint density at radius 2 is 2.03 bits per heavy atom. The molecule has 0 radical (unpaired) electrons. The second kappa shape index (κ2) is 9.07. The average molecular weight is 461 g/mol. The van der Waals surface area contributed by atoms with E-state index in [2.05, 4.69) is 4.90 Å². The van der Waals surface area contributed by atoms with Crippen LogP contribution in [0.1, 0.15) is 19.4 Å². The highest BCUT2D eigenvalue weighted by atomic mass is 32.2. The minimum Gasteiger partial charge on any atom is -0.383 e. The number of methoxy groups -OCH3 is 1. The summed E-state index contributed by atoms with van der Waals surface area (Å²) in [5.41, 5.74) is 0.700. The fourth-order valence-corrected chi connectivity index (χ4v) is 5.11. The van der Waals surface area contributed by atoms with Crippen LogP contribution < -0.4 is 10.5 Å². The quantitative estimate of drug-likeness (QED) is 0.496. The highest BCUT2D eigenvalue weighted by Gasteiger charge is 2.33. The zero-order valence-electron chi connectivity index (χ0n) is 17.6. The summed E-state index contributed by atoms with van der Waals surface area (Å²) in [5.74, 6) is 0.333. The number of anilines is 1. The molecule has 10 heteroatoms. The van der Waals surface area contributed by atoms with Crippen molar-refractivity contribution in [2.24, 2.45) is 0 Å². The van der Waals surface area contributed by atoms with Gasteiger partial charge in [0.1, 0.15) is 15.8 Å². The monoisotopic (exact) mass is 460 g/mol. The van der Waals surface area contributed by atoms with E-state index in [4.69, 9.17) is 26.7 Å². The minimum atomic E-state index is -0.227. The van der Waals surface area contributed by atoms with E-state index in [0.717, 1.165) is 0 Å². The first-order valence-corrected chi connectivity index (χ1v) is 11.3. The van der Waals surface area contributed by atoms with E-state index in [1.807, 2.05) is 19.9 Å². The van der Waals surface area contributed by atoms with E-state index < -0.39 is 0 Å². The fraction of sp³-hybridized carbons (Fsp3) is 0.429. The molecule has 0 N–H and O–H groups in total. The summed E-state index contributed by atoms with van der Waals surface area (Å²) in [6.07, 6.45) is 3.31. The van der Waals surface area contributed by atoms with Gasteiger partial charge in [-0.05, 0) is 32.1 Å². The van der Waals surface area contributed by atoms with Gasteiger partial charge in [-0.1, -0.05) is 30.0 Å². The number of nitrogens with zero attached hydrogens (tertiary/aromatic N) is 4. The molecule has 0 saturated carbocycles. The molecule has 0 aromatic carbocycles. The lowest BCUT2D eigenvalue weighted by Gasteiger charge is -2.36. The average Bonchev–Trinajstić information content (AvgIpc) is 3.00. The van der Waals surface area contributed by atoms with Crippen molar-refractivity contribution >= 4 is 51.7 Å². The van der Waals surface area contributed by atoms with E-state index in [-0.39, 0.29) is 23.7 Å². The maximum atomic E-state index is 13.4. The number of hydrogen-bond donors (Lipinski definition) is 0. The number of carbonyl (C=O) groups excluding carboxylic acids is 1. The number of hydrogen-bond acceptors (Lipinski definition) is 8. The summed E-state index contributed by atoms with van der Waals surface area (Å²) in [6, 6.07) is 5.42. The van der Waals surface area contributed by atoms with Crippen molar-refractivity contribution in [1.82, 2.24) is 14.3 Å². The van der Waals surface area contributed by atoms with Crippen LogP contribution in [0.15, 0.2) is 34.1 Å². The predicted octanol–water partition coefficient (Wildman–Crippen LogP) is 2.16. The van der Waals surface area contributed by atoms with Crippen molar-refractivity contribution in [2.75, 3.05) is 38.3 Å². The molecule has 1 amide bonds. The summed E-state index contributed by atoms with van der Waals surface area (Å²) < 4.78 is 12.9. The van der Waals surface area contributed by atoms with Crippen LogP contribution in [0, 0.1) is 0 Å². The molecule has 0 spiro atoms. The summed E-state index contributed by atoms with van der Waals surface area (Å²) >= 11 is 6.56. The molecule has 2 unspecified atom stereocenters. The number of thioether (sulfide) groups is 1. The molecule has 2 aromatic rings. The lowest BCUT2D eigenvalue weighted by Crippen LogP contribution is -2.46. The molecular formula is C21H24N4O4S2. The summed E-state index contributed by atoms with van der Waals surface area (Å²) in [4.78, 5) is 35.1. The molecule has 2 aliphatic heterocycles. The van der Waals surface area contributed by atoms with Gasteiger partial charge in [0.15, 0.2) is 0 Å². The Bertz CT molecular complexity index is 1110. The van der Waals surface area contributed by atoms with Gasteiger partial charge < -0.3 is 14.4 Å². The third-order valence-corrected chi connectivity index (χ3v) is 6.51. The van der Waals surface area contributed by atoms with Crippen LogP contribution in [0.4, 0.5) is 5.82 Å². The molecule has 4 heterocycles. The van der Waals surface area contributed by atoms with Crippen molar-refractivity contribution in [3.8, 4) is 0 Å². The Morgan fingerprint density at radius 3 is 2.74 bits per heavy atom. The largest absolute Gasteiger partial charge is 0.383 e. The Balaban J connectivity index is 1.82. The summed E-state index contributed by atoms with van der Waals surface area (Å²) in [7, 11) is 1.58. The SMILES string of the molecule is COCCN1C(=O)/C(=C/c2c(N3CC(C)OC(C)C3)nc3ccccn3c2=O)SC1=S. The summed E-state index contributed by atoms with van der Waals surface area (Å²) in [5, 5.41) is 0. The second-order valence-corrected chi connectivity index (χ2v) is 9.25. The van der Waals surface area contributed by atoms with Crippen LogP contribution in [-0.2, 0) is 14.3 Å². The number of amides is 1. The van der Waals surface area contributed by atoms with Crippen LogP contribution in [0.5, 0.6) is 0 Å². The molecular weight excluding hydrogens is 436 g/mol. The molecule has 8 nitrogen and oxygen atoms in total. The molecule has 2 aromatic heterocycles. The standard InChI is InChI=1S/C21H24N4O4S2/c1-13-11-23(12-14(2)29-13)18-15(19(26)24-7-5-4-6-17(24)22-18)10-16-20(27)25(8-9-28-3)21(30)31-16/h4-7,10,13-14H,8-9,11-12H2,1-3H3/b16-10-. The predicted molar refractivity (Wildman–Crippen MR) is 125 cm³/mol. The maximum Gasteiger partial charge on any atom is 0.267 e. The topological polar surface area (TPSA) is 76.4 Å². The number of fused-ring (bicyclic) bond motifs is 1. The minimum absolute atomic E-state index is 0.000112. The van der Waals surface area contributed by atoms with E-state index >= 15 is 0 Å². The van der Waals surface area contributed by atoms with Crippen LogP contribution >= 0.6 is 24.0 Å². The molecule has 2 fully saturated rings. The number of carbonyl (C=O) groups is 1. The van der Waals surface area contributed by atoms with Gasteiger partial charge >= 0.3 is 0 Å². The highest BCUT2D eigenvalue weighted by molar-refractivity contribution is 8.26. The number of aromatic nitrogens is 2. The maximum absolute atomic E-state index is 13.4. The smallest absolute Gasteiger partial charge is 0.267 e. The molecule has 164 valence electrons. The highest BCUT2D eigenvalue weighted by Crippen LogP contribution is 2.33. The van der Waals surface area contributed by atoms with Gasteiger partial charge in [0.2, 0.25) is 0 Å². The van der Waals surface area contributed by atoms with Crippen LogP contribution in [-0.4, -0.2) is 70.1 Å². The van der Waals surface area contributed by atoms with Gasteiger partial charge in [-0.2, -0.15) is 0 Å². The number of ether oxygens (including phenoxy) is 2. The number of pyridine rings is 1. The van der Waals surface area contributed by atoms with Crippen molar-refractivity contribution < 1.29 is 14.3 Å². The number of morpholine rings is 1. The van der Waals surface area contributed by atoms with Crippen LogP contribution in [0.2, 0.25) is 0 Å². The van der Waals surface area contributed by atoms with E-state index in [1.54, 1.807) is 31.5 Å². The Hall–Kier alpha value is -2.27. The summed E-state index contributed by atoms with van der Waals surface area (Å²) in [6.45, 7) is 5.96. The lowest BCUT2D eigenvalue weighted by molar-refractivity contribution is -0.122. The zero-order valence-corrected chi connectivity index (χ0v) is 19.2.